The monoisotopic (exact) mass is 324 g/mol. The summed E-state index contributed by atoms with van der Waals surface area (Å²) in [6, 6.07) is 7.26. The third-order valence-corrected chi connectivity index (χ3v) is 4.15. The first-order valence-electron chi connectivity index (χ1n) is 7.59. The molecule has 0 radical (unpaired) electrons. The maximum absolute atomic E-state index is 12.8. The summed E-state index contributed by atoms with van der Waals surface area (Å²) in [5.41, 5.74) is 0.0348. The van der Waals surface area contributed by atoms with E-state index in [4.69, 9.17) is 0 Å². The number of anilines is 1. The van der Waals surface area contributed by atoms with Crippen LogP contribution in [0.1, 0.15) is 24.1 Å². The molecule has 0 saturated heterocycles. The van der Waals surface area contributed by atoms with Gasteiger partial charge in [-0.3, -0.25) is 0 Å². The molecular weight excluding hydrogens is 305 g/mol. The second-order valence-electron chi connectivity index (χ2n) is 5.90. The Morgan fingerprint density at radius 1 is 1.39 bits per heavy atom. The van der Waals surface area contributed by atoms with Crippen LogP contribution in [-0.2, 0) is 12.7 Å². The van der Waals surface area contributed by atoms with Crippen molar-refractivity contribution >= 4 is 5.82 Å². The lowest BCUT2D eigenvalue weighted by molar-refractivity contribution is -0.137. The van der Waals surface area contributed by atoms with Crippen LogP contribution in [0.25, 0.3) is 0 Å². The molecule has 2 heterocycles. The molecule has 0 saturated carbocycles. The molecule has 2 atom stereocenters. The minimum absolute atomic E-state index is 0.142. The van der Waals surface area contributed by atoms with Gasteiger partial charge in [0.05, 0.1) is 11.8 Å². The molecule has 1 aliphatic rings. The zero-order valence-electron chi connectivity index (χ0n) is 12.8. The molecule has 1 aromatic carbocycles. The summed E-state index contributed by atoms with van der Waals surface area (Å²) in [4.78, 5) is 0. The van der Waals surface area contributed by atoms with Gasteiger partial charge >= 0.3 is 6.18 Å². The number of nitrogens with zero attached hydrogens (tertiary/aromatic N) is 2. The maximum Gasteiger partial charge on any atom is 0.416 e. The van der Waals surface area contributed by atoms with Gasteiger partial charge in [0.15, 0.2) is 0 Å². The van der Waals surface area contributed by atoms with Gasteiger partial charge < -0.3 is 10.6 Å². The lowest BCUT2D eigenvalue weighted by Crippen LogP contribution is -2.36. The van der Waals surface area contributed by atoms with E-state index in [2.05, 4.69) is 15.7 Å². The molecule has 0 fully saturated rings. The lowest BCUT2D eigenvalue weighted by atomic mass is 10.0. The molecule has 0 amide bonds. The smallest absolute Gasteiger partial charge is 0.370 e. The van der Waals surface area contributed by atoms with Crippen molar-refractivity contribution < 1.29 is 13.2 Å². The number of alkyl halides is 3. The van der Waals surface area contributed by atoms with E-state index < -0.39 is 11.7 Å². The van der Waals surface area contributed by atoms with Gasteiger partial charge in [0.25, 0.3) is 0 Å². The van der Waals surface area contributed by atoms with Gasteiger partial charge in [0.1, 0.15) is 5.82 Å². The molecule has 4 nitrogen and oxygen atoms in total. The second kappa shape index (κ2) is 6.23. The summed E-state index contributed by atoms with van der Waals surface area (Å²) in [6.45, 7) is 4.22. The number of fused-ring (bicyclic) bond motifs is 1. The van der Waals surface area contributed by atoms with Crippen molar-refractivity contribution in [3.05, 3.63) is 47.7 Å². The van der Waals surface area contributed by atoms with Crippen LogP contribution < -0.4 is 10.6 Å². The fraction of sp³-hybridized carbons (Fsp3) is 0.438. The Bertz CT molecular complexity index is 665. The quantitative estimate of drug-likeness (QED) is 0.907. The van der Waals surface area contributed by atoms with E-state index in [0.29, 0.717) is 18.0 Å². The Balaban J connectivity index is 1.59. The average molecular weight is 324 g/mol. The molecule has 0 spiro atoms. The number of benzene rings is 1. The van der Waals surface area contributed by atoms with Crippen molar-refractivity contribution in [1.29, 1.82) is 0 Å². The lowest BCUT2D eigenvalue weighted by Gasteiger charge is -2.26. The predicted molar refractivity (Wildman–Crippen MR) is 82.1 cm³/mol. The molecule has 0 unspecified atom stereocenters. The molecule has 3 rings (SSSR count). The topological polar surface area (TPSA) is 41.9 Å². The first-order chi connectivity index (χ1) is 10.9. The molecule has 7 heteroatoms. The largest absolute Gasteiger partial charge is 0.416 e. The van der Waals surface area contributed by atoms with Gasteiger partial charge in [-0.1, -0.05) is 12.1 Å². The van der Waals surface area contributed by atoms with E-state index >= 15 is 0 Å². The molecule has 2 N–H and O–H groups in total. The molecule has 1 aromatic heterocycles. The molecule has 124 valence electrons. The number of hydrogen-bond acceptors (Lipinski definition) is 3. The van der Waals surface area contributed by atoms with Crippen LogP contribution in [0, 0.1) is 5.92 Å². The average Bonchev–Trinajstić information content (AvgIpc) is 2.99. The minimum atomic E-state index is -4.31. The van der Waals surface area contributed by atoms with E-state index in [1.54, 1.807) is 12.3 Å². The normalized spacial score (nSPS) is 19.0. The number of rotatable bonds is 4. The Kier molecular flexibility index (Phi) is 4.30. The van der Waals surface area contributed by atoms with Gasteiger partial charge in [0.2, 0.25) is 0 Å². The van der Waals surface area contributed by atoms with Crippen LogP contribution in [0.5, 0.6) is 0 Å². The molecule has 0 aliphatic carbocycles. The highest BCUT2D eigenvalue weighted by molar-refractivity contribution is 5.35. The summed E-state index contributed by atoms with van der Waals surface area (Å²) in [7, 11) is 0. The number of aromatic nitrogens is 2. The van der Waals surface area contributed by atoms with Gasteiger partial charge in [-0.15, -0.1) is 0 Å². The third kappa shape index (κ3) is 3.67. The number of hydrogen-bond donors (Lipinski definition) is 2. The van der Waals surface area contributed by atoms with Crippen LogP contribution in [0.3, 0.4) is 0 Å². The highest BCUT2D eigenvalue weighted by Crippen LogP contribution is 2.30. The Labute approximate surface area is 132 Å². The van der Waals surface area contributed by atoms with Crippen molar-refractivity contribution in [2.45, 2.75) is 25.7 Å². The molecule has 23 heavy (non-hydrogen) atoms. The van der Waals surface area contributed by atoms with Crippen LogP contribution in [0.2, 0.25) is 0 Å². The second-order valence-corrected chi connectivity index (χ2v) is 5.90. The summed E-state index contributed by atoms with van der Waals surface area (Å²) in [6.07, 6.45) is -2.55. The summed E-state index contributed by atoms with van der Waals surface area (Å²) in [5, 5.41) is 10.9. The summed E-state index contributed by atoms with van der Waals surface area (Å²) >= 11 is 0. The van der Waals surface area contributed by atoms with Crippen molar-refractivity contribution in [2.24, 2.45) is 5.92 Å². The SMILES string of the molecule is C[C@H](NC[C@@H]1CNc2ccnn2C1)c1cccc(C(F)(F)F)c1. The van der Waals surface area contributed by atoms with Crippen LogP contribution in [0.4, 0.5) is 19.0 Å². The minimum Gasteiger partial charge on any atom is -0.370 e. The summed E-state index contributed by atoms with van der Waals surface area (Å²) < 4.78 is 40.2. The van der Waals surface area contributed by atoms with Crippen LogP contribution in [-0.4, -0.2) is 22.9 Å². The summed E-state index contributed by atoms with van der Waals surface area (Å²) in [5.74, 6) is 1.35. The molecule has 0 bridgehead atoms. The van der Waals surface area contributed by atoms with Crippen LogP contribution in [0.15, 0.2) is 36.5 Å². The first-order valence-corrected chi connectivity index (χ1v) is 7.59. The van der Waals surface area contributed by atoms with E-state index in [1.165, 1.54) is 12.1 Å². The van der Waals surface area contributed by atoms with Crippen molar-refractivity contribution in [1.82, 2.24) is 15.1 Å². The third-order valence-electron chi connectivity index (χ3n) is 4.15. The Morgan fingerprint density at radius 2 is 2.22 bits per heavy atom. The van der Waals surface area contributed by atoms with Gasteiger partial charge in [0, 0.05) is 37.7 Å². The van der Waals surface area contributed by atoms with E-state index in [0.717, 1.165) is 25.0 Å². The molecular formula is C16H19F3N4. The Morgan fingerprint density at radius 3 is 3.00 bits per heavy atom. The van der Waals surface area contributed by atoms with Crippen LogP contribution >= 0.6 is 0 Å². The standard InChI is InChI=1S/C16H19F3N4/c1-11(13-3-2-4-14(7-13)16(17,18)19)20-8-12-9-21-15-5-6-22-23(15)10-12/h2-7,11-12,20-21H,8-10H2,1H3/t11-,12+/m0/s1. The fourth-order valence-corrected chi connectivity index (χ4v) is 2.77. The highest BCUT2D eigenvalue weighted by Gasteiger charge is 2.30. The van der Waals surface area contributed by atoms with E-state index in [9.17, 15) is 13.2 Å². The van der Waals surface area contributed by atoms with Crippen molar-refractivity contribution in [3.63, 3.8) is 0 Å². The first kappa shape index (κ1) is 15.9. The van der Waals surface area contributed by atoms with Gasteiger partial charge in [-0.05, 0) is 24.6 Å². The number of halogens is 3. The van der Waals surface area contributed by atoms with Gasteiger partial charge in [-0.2, -0.15) is 18.3 Å². The molecule has 2 aromatic rings. The zero-order chi connectivity index (χ0) is 16.4. The van der Waals surface area contributed by atoms with Crippen molar-refractivity contribution in [2.75, 3.05) is 18.4 Å². The van der Waals surface area contributed by atoms with E-state index in [-0.39, 0.29) is 6.04 Å². The fourth-order valence-electron chi connectivity index (χ4n) is 2.77. The molecule has 1 aliphatic heterocycles. The number of nitrogens with one attached hydrogen (secondary N) is 2. The Hall–Kier alpha value is -2.02. The van der Waals surface area contributed by atoms with E-state index in [1.807, 2.05) is 17.7 Å². The van der Waals surface area contributed by atoms with Gasteiger partial charge in [-0.25, -0.2) is 4.68 Å². The highest BCUT2D eigenvalue weighted by atomic mass is 19.4. The zero-order valence-corrected chi connectivity index (χ0v) is 12.8. The van der Waals surface area contributed by atoms with Crippen molar-refractivity contribution in [3.8, 4) is 0 Å². The predicted octanol–water partition coefficient (Wildman–Crippen LogP) is 3.29. The maximum atomic E-state index is 12.8.